The van der Waals surface area contributed by atoms with Crippen molar-refractivity contribution in [2.75, 3.05) is 33.4 Å². The Balaban J connectivity index is 1.56. The predicted octanol–water partition coefficient (Wildman–Crippen LogP) is 2.93. The van der Waals surface area contributed by atoms with Crippen LogP contribution < -0.4 is 10.1 Å². The maximum atomic E-state index is 12.4. The number of ether oxygens (including phenoxy) is 2. The van der Waals surface area contributed by atoms with E-state index < -0.39 is 0 Å². The van der Waals surface area contributed by atoms with Crippen molar-refractivity contribution in [2.24, 2.45) is 0 Å². The molecule has 0 spiro atoms. The van der Waals surface area contributed by atoms with E-state index in [0.717, 1.165) is 38.4 Å². The van der Waals surface area contributed by atoms with Crippen LogP contribution in [-0.4, -0.2) is 49.3 Å². The molecule has 0 aliphatic carbocycles. The normalized spacial score (nSPS) is 14.7. The first-order chi connectivity index (χ1) is 13.1. The second kappa shape index (κ2) is 9.21. The maximum absolute atomic E-state index is 12.4. The Morgan fingerprint density at radius 1 is 1.22 bits per heavy atom. The summed E-state index contributed by atoms with van der Waals surface area (Å²) in [5.74, 6) is -0.00158. The zero-order valence-corrected chi connectivity index (χ0v) is 16.8. The quantitative estimate of drug-likeness (QED) is 0.731. The summed E-state index contributed by atoms with van der Waals surface area (Å²) in [6.45, 7) is 4.85. The number of hydrogen-bond donors (Lipinski definition) is 2. The molecule has 2 aromatic rings. The Morgan fingerprint density at radius 2 is 1.89 bits per heavy atom. The highest BCUT2D eigenvalue weighted by molar-refractivity contribution is 9.10. The number of morpholine rings is 1. The number of aromatic hydroxyl groups is 1. The SMILES string of the molecule is COc1cc(C(=O)NCc2ccc(CN3CCOCC3)cc2)cc(Br)c1O. The number of phenols is 1. The molecular formula is C20H23BrN2O4. The lowest BCUT2D eigenvalue weighted by atomic mass is 10.1. The molecule has 144 valence electrons. The molecule has 0 unspecified atom stereocenters. The van der Waals surface area contributed by atoms with Crippen LogP contribution in [0.15, 0.2) is 40.9 Å². The van der Waals surface area contributed by atoms with Crippen LogP contribution >= 0.6 is 15.9 Å². The summed E-state index contributed by atoms with van der Waals surface area (Å²) in [5, 5.41) is 12.7. The van der Waals surface area contributed by atoms with Crippen LogP contribution in [0, 0.1) is 0 Å². The standard InChI is InChI=1S/C20H23BrN2O4/c1-26-18-11-16(10-17(21)19(18)24)20(25)22-12-14-2-4-15(5-3-14)13-23-6-8-27-9-7-23/h2-5,10-11,24H,6-9,12-13H2,1H3,(H,22,25). The average molecular weight is 435 g/mol. The summed E-state index contributed by atoms with van der Waals surface area (Å²) in [4.78, 5) is 14.8. The Kier molecular flexibility index (Phi) is 6.71. The monoisotopic (exact) mass is 434 g/mol. The van der Waals surface area contributed by atoms with Gasteiger partial charge in [-0.25, -0.2) is 0 Å². The van der Waals surface area contributed by atoms with Crippen molar-refractivity contribution in [3.8, 4) is 11.5 Å². The molecule has 1 saturated heterocycles. The number of rotatable bonds is 6. The summed E-state index contributed by atoms with van der Waals surface area (Å²) in [6, 6.07) is 11.3. The minimum absolute atomic E-state index is 0.0232. The van der Waals surface area contributed by atoms with E-state index >= 15 is 0 Å². The third-order valence-electron chi connectivity index (χ3n) is 4.50. The van der Waals surface area contributed by atoms with Crippen molar-refractivity contribution in [3.05, 3.63) is 57.6 Å². The second-order valence-electron chi connectivity index (χ2n) is 6.40. The summed E-state index contributed by atoms with van der Waals surface area (Å²) in [5.41, 5.74) is 2.69. The van der Waals surface area contributed by atoms with E-state index in [4.69, 9.17) is 9.47 Å². The number of carbonyl (C=O) groups excluding carboxylic acids is 1. The van der Waals surface area contributed by atoms with Crippen LogP contribution in [0.3, 0.4) is 0 Å². The second-order valence-corrected chi connectivity index (χ2v) is 7.25. The fraction of sp³-hybridized carbons (Fsp3) is 0.350. The maximum Gasteiger partial charge on any atom is 0.251 e. The Hall–Kier alpha value is -2.09. The van der Waals surface area contributed by atoms with Crippen LogP contribution in [0.25, 0.3) is 0 Å². The number of carbonyl (C=O) groups is 1. The van der Waals surface area contributed by atoms with E-state index in [2.05, 4.69) is 38.3 Å². The molecular weight excluding hydrogens is 412 g/mol. The molecule has 27 heavy (non-hydrogen) atoms. The topological polar surface area (TPSA) is 71.0 Å². The molecule has 0 aromatic heterocycles. The average Bonchev–Trinajstić information content (AvgIpc) is 2.70. The highest BCUT2D eigenvalue weighted by Crippen LogP contribution is 2.35. The minimum atomic E-state index is -0.230. The van der Waals surface area contributed by atoms with Gasteiger partial charge in [0.2, 0.25) is 0 Å². The number of nitrogens with zero attached hydrogens (tertiary/aromatic N) is 1. The third-order valence-corrected chi connectivity index (χ3v) is 5.10. The van der Waals surface area contributed by atoms with Gasteiger partial charge in [0.15, 0.2) is 11.5 Å². The number of methoxy groups -OCH3 is 1. The van der Waals surface area contributed by atoms with Crippen molar-refractivity contribution >= 4 is 21.8 Å². The van der Waals surface area contributed by atoms with Gasteiger partial charge >= 0.3 is 0 Å². The highest BCUT2D eigenvalue weighted by atomic mass is 79.9. The minimum Gasteiger partial charge on any atom is -0.503 e. The number of nitrogens with one attached hydrogen (secondary N) is 1. The first-order valence-electron chi connectivity index (χ1n) is 8.79. The largest absolute Gasteiger partial charge is 0.503 e. The molecule has 2 N–H and O–H groups in total. The molecule has 1 heterocycles. The van der Waals surface area contributed by atoms with Gasteiger partial charge in [0.25, 0.3) is 5.91 Å². The molecule has 1 aliphatic heterocycles. The molecule has 0 saturated carbocycles. The number of benzene rings is 2. The molecule has 2 aromatic carbocycles. The van der Waals surface area contributed by atoms with E-state index in [1.165, 1.54) is 18.7 Å². The first-order valence-corrected chi connectivity index (χ1v) is 9.58. The van der Waals surface area contributed by atoms with Crippen molar-refractivity contribution in [1.29, 1.82) is 0 Å². The lowest BCUT2D eigenvalue weighted by Gasteiger charge is -2.26. The molecule has 1 aliphatic rings. The van der Waals surface area contributed by atoms with Gasteiger partial charge in [-0.15, -0.1) is 0 Å². The van der Waals surface area contributed by atoms with Crippen LogP contribution in [0.5, 0.6) is 11.5 Å². The summed E-state index contributed by atoms with van der Waals surface area (Å²) >= 11 is 3.23. The third kappa shape index (κ3) is 5.22. The Labute approximate surface area is 167 Å². The number of hydrogen-bond acceptors (Lipinski definition) is 5. The van der Waals surface area contributed by atoms with Gasteiger partial charge in [-0.2, -0.15) is 0 Å². The molecule has 1 amide bonds. The van der Waals surface area contributed by atoms with Crippen molar-refractivity contribution in [3.63, 3.8) is 0 Å². The fourth-order valence-electron chi connectivity index (χ4n) is 2.92. The predicted molar refractivity (Wildman–Crippen MR) is 106 cm³/mol. The van der Waals surface area contributed by atoms with Crippen LogP contribution in [0.4, 0.5) is 0 Å². The van der Waals surface area contributed by atoms with Crippen molar-refractivity contribution < 1.29 is 19.4 Å². The van der Waals surface area contributed by atoms with Gasteiger partial charge in [-0.1, -0.05) is 24.3 Å². The number of amides is 1. The van der Waals surface area contributed by atoms with Gasteiger partial charge in [0, 0.05) is 31.7 Å². The molecule has 6 nitrogen and oxygen atoms in total. The van der Waals surface area contributed by atoms with E-state index in [1.54, 1.807) is 6.07 Å². The molecule has 0 bridgehead atoms. The first kappa shape index (κ1) is 19.7. The molecule has 0 atom stereocenters. The Bertz CT molecular complexity index is 789. The van der Waals surface area contributed by atoms with Gasteiger partial charge in [0.05, 0.1) is 24.8 Å². The highest BCUT2D eigenvalue weighted by Gasteiger charge is 2.14. The molecule has 3 rings (SSSR count). The Morgan fingerprint density at radius 3 is 2.56 bits per heavy atom. The lowest BCUT2D eigenvalue weighted by Crippen LogP contribution is -2.35. The summed E-state index contributed by atoms with van der Waals surface area (Å²) in [7, 11) is 1.45. The van der Waals surface area contributed by atoms with Gasteiger partial charge in [0.1, 0.15) is 0 Å². The summed E-state index contributed by atoms with van der Waals surface area (Å²) < 4.78 is 10.9. The zero-order valence-electron chi connectivity index (χ0n) is 15.2. The summed E-state index contributed by atoms with van der Waals surface area (Å²) in [6.07, 6.45) is 0. The number of halogens is 1. The van der Waals surface area contributed by atoms with Gasteiger partial charge in [-0.3, -0.25) is 9.69 Å². The van der Waals surface area contributed by atoms with Crippen molar-refractivity contribution in [2.45, 2.75) is 13.1 Å². The molecule has 0 radical (unpaired) electrons. The number of phenolic OH excluding ortho intramolecular Hbond substituents is 1. The van der Waals surface area contributed by atoms with Crippen LogP contribution in [0.2, 0.25) is 0 Å². The van der Waals surface area contributed by atoms with E-state index in [-0.39, 0.29) is 17.4 Å². The van der Waals surface area contributed by atoms with Gasteiger partial charge in [-0.05, 0) is 39.2 Å². The van der Waals surface area contributed by atoms with E-state index in [0.29, 0.717) is 16.6 Å². The van der Waals surface area contributed by atoms with Crippen LogP contribution in [-0.2, 0) is 17.8 Å². The van der Waals surface area contributed by atoms with E-state index in [9.17, 15) is 9.90 Å². The van der Waals surface area contributed by atoms with Gasteiger partial charge < -0.3 is 19.9 Å². The smallest absolute Gasteiger partial charge is 0.251 e. The fourth-order valence-corrected chi connectivity index (χ4v) is 3.37. The molecule has 1 fully saturated rings. The van der Waals surface area contributed by atoms with E-state index in [1.807, 2.05) is 12.1 Å². The zero-order chi connectivity index (χ0) is 19.2. The van der Waals surface area contributed by atoms with Crippen molar-refractivity contribution in [1.82, 2.24) is 10.2 Å². The lowest BCUT2D eigenvalue weighted by molar-refractivity contribution is 0.0342. The van der Waals surface area contributed by atoms with Crippen LogP contribution in [0.1, 0.15) is 21.5 Å². The molecule has 7 heteroatoms.